The molecule has 0 saturated carbocycles. The molecule has 36 heavy (non-hydrogen) atoms. The Bertz CT molecular complexity index is 1200. The van der Waals surface area contributed by atoms with E-state index in [0.29, 0.717) is 47.4 Å². The minimum absolute atomic E-state index is 0.0763. The van der Waals surface area contributed by atoms with Crippen molar-refractivity contribution in [1.82, 2.24) is 5.32 Å². The molecule has 0 aliphatic rings. The summed E-state index contributed by atoms with van der Waals surface area (Å²) in [6.07, 6.45) is 0.927. The molecule has 0 saturated heterocycles. The van der Waals surface area contributed by atoms with Crippen molar-refractivity contribution in [3.63, 3.8) is 0 Å². The van der Waals surface area contributed by atoms with Crippen LogP contribution in [-0.2, 0) is 0 Å². The molecule has 0 heterocycles. The van der Waals surface area contributed by atoms with E-state index in [9.17, 15) is 9.59 Å². The quantitative estimate of drug-likeness (QED) is 0.298. The van der Waals surface area contributed by atoms with Gasteiger partial charge in [0.25, 0.3) is 11.8 Å². The van der Waals surface area contributed by atoms with Crippen LogP contribution in [0.25, 0.3) is 0 Å². The molecule has 3 rings (SSSR count). The van der Waals surface area contributed by atoms with Gasteiger partial charge in [-0.15, -0.1) is 0 Å². The Hall–Kier alpha value is -3.91. The number of rotatable bonds is 10. The lowest BCUT2D eigenvalue weighted by Crippen LogP contribution is -2.34. The van der Waals surface area contributed by atoms with Crippen LogP contribution in [-0.4, -0.2) is 30.1 Å². The van der Waals surface area contributed by atoms with Gasteiger partial charge in [-0.25, -0.2) is 0 Å². The van der Waals surface area contributed by atoms with Crippen molar-refractivity contribution < 1.29 is 19.1 Å². The fourth-order valence-corrected chi connectivity index (χ4v) is 3.46. The highest BCUT2D eigenvalue weighted by Crippen LogP contribution is 2.20. The summed E-state index contributed by atoms with van der Waals surface area (Å²) in [6.45, 7) is 7.32. The molecule has 3 N–H and O–H groups in total. The highest BCUT2D eigenvalue weighted by atomic mass is 32.1. The number of hydrogen-bond acceptors (Lipinski definition) is 5. The third-order valence-electron chi connectivity index (χ3n) is 5.13. The number of carbonyl (C=O) groups is 2. The van der Waals surface area contributed by atoms with Gasteiger partial charge in [0.1, 0.15) is 11.5 Å². The van der Waals surface area contributed by atoms with Crippen LogP contribution >= 0.6 is 12.2 Å². The van der Waals surface area contributed by atoms with Gasteiger partial charge in [0.05, 0.1) is 24.5 Å². The average molecular weight is 506 g/mol. The van der Waals surface area contributed by atoms with Crippen LogP contribution in [0.15, 0.2) is 72.8 Å². The van der Waals surface area contributed by atoms with E-state index < -0.39 is 0 Å². The Balaban J connectivity index is 1.61. The third-order valence-corrected chi connectivity index (χ3v) is 5.33. The maximum atomic E-state index is 12.9. The Morgan fingerprint density at radius 3 is 2.33 bits per heavy atom. The van der Waals surface area contributed by atoms with E-state index in [4.69, 9.17) is 21.7 Å². The van der Waals surface area contributed by atoms with Gasteiger partial charge < -0.3 is 20.1 Å². The summed E-state index contributed by atoms with van der Waals surface area (Å²) in [7, 11) is 0. The topological polar surface area (TPSA) is 88.7 Å². The summed E-state index contributed by atoms with van der Waals surface area (Å²) in [5.41, 5.74) is 1.90. The zero-order valence-electron chi connectivity index (χ0n) is 20.7. The summed E-state index contributed by atoms with van der Waals surface area (Å²) < 4.78 is 11.2. The van der Waals surface area contributed by atoms with Crippen LogP contribution in [0.4, 0.5) is 11.4 Å². The van der Waals surface area contributed by atoms with E-state index in [1.54, 1.807) is 66.7 Å². The van der Waals surface area contributed by atoms with Gasteiger partial charge in [-0.05, 0) is 86.1 Å². The number of ether oxygens (including phenoxy) is 2. The molecule has 0 aliphatic carbocycles. The van der Waals surface area contributed by atoms with Crippen LogP contribution in [0.3, 0.4) is 0 Å². The number of benzene rings is 3. The lowest BCUT2D eigenvalue weighted by molar-refractivity contribution is 0.0976. The molecular weight excluding hydrogens is 474 g/mol. The number of hydrogen-bond donors (Lipinski definition) is 3. The van der Waals surface area contributed by atoms with Crippen molar-refractivity contribution in [2.45, 2.75) is 27.2 Å². The molecule has 0 fully saturated rings. The Morgan fingerprint density at radius 1 is 0.861 bits per heavy atom. The number of para-hydroxylation sites is 1. The van der Waals surface area contributed by atoms with Crippen LogP contribution < -0.4 is 25.4 Å². The van der Waals surface area contributed by atoms with Crippen LogP contribution in [0.5, 0.6) is 11.5 Å². The van der Waals surface area contributed by atoms with E-state index in [1.807, 2.05) is 13.0 Å². The summed E-state index contributed by atoms with van der Waals surface area (Å²) in [6, 6.07) is 21.0. The van der Waals surface area contributed by atoms with Crippen molar-refractivity contribution in [1.29, 1.82) is 0 Å². The molecule has 0 bridgehead atoms. The van der Waals surface area contributed by atoms with Crippen LogP contribution in [0, 0.1) is 5.92 Å². The van der Waals surface area contributed by atoms with Crippen LogP contribution in [0.2, 0.25) is 0 Å². The number of carbonyl (C=O) groups excluding carboxylic acids is 2. The molecule has 3 aromatic rings. The second-order valence-corrected chi connectivity index (χ2v) is 8.83. The Morgan fingerprint density at radius 2 is 1.61 bits per heavy atom. The van der Waals surface area contributed by atoms with Crippen molar-refractivity contribution in [2.24, 2.45) is 5.92 Å². The summed E-state index contributed by atoms with van der Waals surface area (Å²) >= 11 is 5.34. The largest absolute Gasteiger partial charge is 0.494 e. The van der Waals surface area contributed by atoms with Crippen molar-refractivity contribution in [3.8, 4) is 11.5 Å². The summed E-state index contributed by atoms with van der Waals surface area (Å²) in [5, 5.41) is 8.55. The molecule has 8 heteroatoms. The first-order valence-electron chi connectivity index (χ1n) is 11.8. The lowest BCUT2D eigenvalue weighted by atomic mass is 10.1. The first-order chi connectivity index (χ1) is 17.4. The number of nitrogens with one attached hydrogen (secondary N) is 3. The third kappa shape index (κ3) is 8.09. The summed E-state index contributed by atoms with van der Waals surface area (Å²) in [4.78, 5) is 25.6. The predicted molar refractivity (Wildman–Crippen MR) is 147 cm³/mol. The standard InChI is InChI=1S/C28H31N3O4S/c1-4-34-22-14-12-21(13-15-22)29-27(33)24-10-5-6-11-25(24)30-28(36)31-26(32)20-8-7-9-23(18-20)35-17-16-19(2)3/h5-15,18-19H,4,16-17H2,1-3H3,(H,29,33)(H2,30,31,32,36). The zero-order chi connectivity index (χ0) is 25.9. The molecule has 188 valence electrons. The SMILES string of the molecule is CCOc1ccc(NC(=O)c2ccccc2NC(=S)NC(=O)c2cccc(OCCC(C)C)c2)cc1. The fraction of sp³-hybridized carbons (Fsp3) is 0.250. The second-order valence-electron chi connectivity index (χ2n) is 8.42. The first-order valence-corrected chi connectivity index (χ1v) is 12.2. The fourth-order valence-electron chi connectivity index (χ4n) is 3.26. The van der Waals surface area contributed by atoms with E-state index >= 15 is 0 Å². The number of amides is 2. The zero-order valence-corrected chi connectivity index (χ0v) is 21.5. The molecule has 7 nitrogen and oxygen atoms in total. The highest BCUT2D eigenvalue weighted by Gasteiger charge is 2.14. The predicted octanol–water partition coefficient (Wildman–Crippen LogP) is 5.89. The molecular formula is C28H31N3O4S. The van der Waals surface area contributed by atoms with E-state index in [0.717, 1.165) is 12.2 Å². The maximum Gasteiger partial charge on any atom is 0.257 e. The van der Waals surface area contributed by atoms with E-state index in [2.05, 4.69) is 29.8 Å². The number of anilines is 2. The van der Waals surface area contributed by atoms with Gasteiger partial charge in [0.15, 0.2) is 5.11 Å². The van der Waals surface area contributed by atoms with Gasteiger partial charge in [-0.2, -0.15) is 0 Å². The first kappa shape index (κ1) is 26.7. The monoisotopic (exact) mass is 505 g/mol. The van der Waals surface area contributed by atoms with E-state index in [-0.39, 0.29) is 16.9 Å². The smallest absolute Gasteiger partial charge is 0.257 e. The van der Waals surface area contributed by atoms with Crippen molar-refractivity contribution in [2.75, 3.05) is 23.8 Å². The Kier molecular flexibility index (Phi) is 9.82. The minimum atomic E-state index is -0.377. The number of thiocarbonyl (C=S) groups is 1. The molecule has 0 unspecified atom stereocenters. The lowest BCUT2D eigenvalue weighted by Gasteiger charge is -2.14. The molecule has 0 atom stereocenters. The Labute approximate surface area is 217 Å². The molecule has 0 aromatic heterocycles. The molecule has 0 spiro atoms. The van der Waals surface area contributed by atoms with Crippen molar-refractivity contribution in [3.05, 3.63) is 83.9 Å². The van der Waals surface area contributed by atoms with Gasteiger partial charge >= 0.3 is 0 Å². The average Bonchev–Trinajstić information content (AvgIpc) is 2.85. The molecule has 0 aliphatic heterocycles. The van der Waals surface area contributed by atoms with Crippen LogP contribution in [0.1, 0.15) is 47.9 Å². The normalized spacial score (nSPS) is 10.4. The minimum Gasteiger partial charge on any atom is -0.494 e. The highest BCUT2D eigenvalue weighted by molar-refractivity contribution is 7.80. The van der Waals surface area contributed by atoms with Gasteiger partial charge in [0, 0.05) is 11.3 Å². The molecule has 2 amide bonds. The molecule has 0 radical (unpaired) electrons. The van der Waals surface area contributed by atoms with Gasteiger partial charge in [-0.1, -0.05) is 32.0 Å². The van der Waals surface area contributed by atoms with Gasteiger partial charge in [-0.3, -0.25) is 14.9 Å². The second kappa shape index (κ2) is 13.3. The van der Waals surface area contributed by atoms with Crippen molar-refractivity contribution >= 4 is 40.5 Å². The maximum absolute atomic E-state index is 12.9. The van der Waals surface area contributed by atoms with Gasteiger partial charge in [0.2, 0.25) is 0 Å². The molecule has 3 aromatic carbocycles. The van der Waals surface area contributed by atoms with E-state index in [1.165, 1.54) is 0 Å². The summed E-state index contributed by atoms with van der Waals surface area (Å²) in [5.74, 6) is 1.19.